The monoisotopic (exact) mass is 420 g/mol. The van der Waals surface area contributed by atoms with Gasteiger partial charge in [-0.1, -0.05) is 36.4 Å². The van der Waals surface area contributed by atoms with E-state index in [9.17, 15) is 9.59 Å². The highest BCUT2D eigenvalue weighted by Gasteiger charge is 2.27. The summed E-state index contributed by atoms with van der Waals surface area (Å²) in [7, 11) is 1.65. The highest BCUT2D eigenvalue weighted by Crippen LogP contribution is 2.28. The molecule has 1 saturated heterocycles. The van der Waals surface area contributed by atoms with Gasteiger partial charge in [0.05, 0.1) is 13.7 Å². The van der Waals surface area contributed by atoms with E-state index in [2.05, 4.69) is 36.5 Å². The maximum absolute atomic E-state index is 11.7. The number of likely N-dealkylation sites (tertiary alicyclic amines) is 1. The number of hydrogen-bond acceptors (Lipinski definition) is 5. The molecule has 0 aliphatic carbocycles. The van der Waals surface area contributed by atoms with Crippen LogP contribution in [0.4, 0.5) is 0 Å². The van der Waals surface area contributed by atoms with Gasteiger partial charge in [0.15, 0.2) is 0 Å². The van der Waals surface area contributed by atoms with E-state index in [0.717, 1.165) is 35.7 Å². The third-order valence-electron chi connectivity index (χ3n) is 5.86. The molecular formula is C25H28N2O4. The SMILES string of the molecule is COc1cc(CNC(C)c2ccc3c(c2)CCO3)ccc1/C=C/CN1C(=O)CCC1=O. The number of carbonyl (C=O) groups excluding carboxylic acids is 2. The van der Waals surface area contributed by atoms with Gasteiger partial charge in [-0.2, -0.15) is 0 Å². The summed E-state index contributed by atoms with van der Waals surface area (Å²) in [6.07, 6.45) is 5.33. The number of benzene rings is 2. The van der Waals surface area contributed by atoms with Crippen LogP contribution in [0.15, 0.2) is 42.5 Å². The Morgan fingerprint density at radius 2 is 1.94 bits per heavy atom. The van der Waals surface area contributed by atoms with Crippen LogP contribution in [0.25, 0.3) is 6.08 Å². The number of nitrogens with one attached hydrogen (secondary N) is 1. The zero-order chi connectivity index (χ0) is 21.8. The summed E-state index contributed by atoms with van der Waals surface area (Å²) in [5, 5.41) is 3.57. The lowest BCUT2D eigenvalue weighted by Gasteiger charge is -2.16. The van der Waals surface area contributed by atoms with Crippen LogP contribution in [0, 0.1) is 0 Å². The summed E-state index contributed by atoms with van der Waals surface area (Å²) >= 11 is 0. The molecule has 2 aromatic rings. The summed E-state index contributed by atoms with van der Waals surface area (Å²) in [5.41, 5.74) is 4.57. The zero-order valence-corrected chi connectivity index (χ0v) is 18.0. The van der Waals surface area contributed by atoms with Crippen molar-refractivity contribution in [2.75, 3.05) is 20.3 Å². The number of imide groups is 1. The fourth-order valence-electron chi connectivity index (χ4n) is 3.98. The molecule has 1 N–H and O–H groups in total. The van der Waals surface area contributed by atoms with Crippen LogP contribution >= 0.6 is 0 Å². The van der Waals surface area contributed by atoms with Gasteiger partial charge in [-0.25, -0.2) is 0 Å². The Kier molecular flexibility index (Phi) is 6.37. The average Bonchev–Trinajstić information content (AvgIpc) is 3.38. The Morgan fingerprint density at radius 1 is 1.13 bits per heavy atom. The van der Waals surface area contributed by atoms with Crippen LogP contribution in [0.3, 0.4) is 0 Å². The molecule has 2 aromatic carbocycles. The van der Waals surface area contributed by atoms with Crippen LogP contribution in [0.1, 0.15) is 48.1 Å². The van der Waals surface area contributed by atoms with Gasteiger partial charge in [-0.3, -0.25) is 14.5 Å². The standard InChI is InChI=1S/C25H28N2O4/c1-17(20-7-8-22-21(15-20)11-13-31-22)26-16-18-5-6-19(23(14-18)30-2)4-3-12-27-24(28)9-10-25(27)29/h3-8,14-15,17,26H,9-13,16H2,1-2H3/b4-3+. The molecule has 0 bridgehead atoms. The molecule has 162 valence electrons. The number of fused-ring (bicyclic) bond motifs is 1. The molecule has 1 atom stereocenters. The molecule has 6 heteroatoms. The molecule has 0 spiro atoms. The third kappa shape index (κ3) is 4.80. The number of rotatable bonds is 8. The lowest BCUT2D eigenvalue weighted by atomic mass is 10.0. The first kappa shape index (κ1) is 21.1. The summed E-state index contributed by atoms with van der Waals surface area (Å²) in [4.78, 5) is 24.7. The van der Waals surface area contributed by atoms with E-state index in [1.165, 1.54) is 16.0 Å². The second kappa shape index (κ2) is 9.35. The lowest BCUT2D eigenvalue weighted by Crippen LogP contribution is -2.28. The van der Waals surface area contributed by atoms with Gasteiger partial charge in [0.25, 0.3) is 0 Å². The summed E-state index contributed by atoms with van der Waals surface area (Å²) in [6, 6.07) is 12.7. The fraction of sp³-hybridized carbons (Fsp3) is 0.360. The van der Waals surface area contributed by atoms with E-state index < -0.39 is 0 Å². The van der Waals surface area contributed by atoms with Crippen molar-refractivity contribution in [1.82, 2.24) is 10.2 Å². The first-order chi connectivity index (χ1) is 15.0. The number of amides is 2. The Hall–Kier alpha value is -3.12. The molecule has 2 aliphatic rings. The summed E-state index contributed by atoms with van der Waals surface area (Å²) < 4.78 is 11.1. The molecule has 0 radical (unpaired) electrons. The van der Waals surface area contributed by atoms with E-state index >= 15 is 0 Å². The van der Waals surface area contributed by atoms with Gasteiger partial charge < -0.3 is 14.8 Å². The molecule has 1 fully saturated rings. The predicted molar refractivity (Wildman–Crippen MR) is 119 cm³/mol. The Bertz CT molecular complexity index is 999. The minimum Gasteiger partial charge on any atom is -0.496 e. The van der Waals surface area contributed by atoms with Crippen LogP contribution < -0.4 is 14.8 Å². The van der Waals surface area contributed by atoms with Crippen molar-refractivity contribution in [2.45, 2.75) is 38.8 Å². The van der Waals surface area contributed by atoms with Crippen molar-refractivity contribution in [2.24, 2.45) is 0 Å². The Morgan fingerprint density at radius 3 is 2.71 bits per heavy atom. The number of methoxy groups -OCH3 is 1. The van der Waals surface area contributed by atoms with Gasteiger partial charge >= 0.3 is 0 Å². The molecule has 4 rings (SSSR count). The maximum Gasteiger partial charge on any atom is 0.229 e. The van der Waals surface area contributed by atoms with Gasteiger partial charge in [0.1, 0.15) is 11.5 Å². The average molecular weight is 421 g/mol. The lowest BCUT2D eigenvalue weighted by molar-refractivity contribution is -0.137. The van der Waals surface area contributed by atoms with Crippen LogP contribution in [-0.2, 0) is 22.6 Å². The van der Waals surface area contributed by atoms with E-state index in [1.54, 1.807) is 7.11 Å². The van der Waals surface area contributed by atoms with Crippen molar-refractivity contribution in [3.8, 4) is 11.5 Å². The van der Waals surface area contributed by atoms with Crippen LogP contribution in [-0.4, -0.2) is 37.0 Å². The second-order valence-electron chi connectivity index (χ2n) is 7.94. The van der Waals surface area contributed by atoms with Crippen LogP contribution in [0.2, 0.25) is 0 Å². The molecule has 2 heterocycles. The van der Waals surface area contributed by atoms with Gasteiger partial charge in [-0.15, -0.1) is 0 Å². The quantitative estimate of drug-likeness (QED) is 0.661. The molecule has 0 saturated carbocycles. The largest absolute Gasteiger partial charge is 0.496 e. The number of ether oxygens (including phenoxy) is 2. The molecule has 2 aliphatic heterocycles. The van der Waals surface area contributed by atoms with E-state index in [-0.39, 0.29) is 17.9 Å². The summed E-state index contributed by atoms with van der Waals surface area (Å²) in [5.74, 6) is 1.56. The zero-order valence-electron chi connectivity index (χ0n) is 18.0. The molecule has 31 heavy (non-hydrogen) atoms. The predicted octanol–water partition coefficient (Wildman–Crippen LogP) is 3.64. The van der Waals surface area contributed by atoms with Gasteiger partial charge in [0.2, 0.25) is 11.8 Å². The second-order valence-corrected chi connectivity index (χ2v) is 7.94. The normalized spacial score (nSPS) is 16.6. The Balaban J connectivity index is 1.36. The Labute approximate surface area is 182 Å². The molecular weight excluding hydrogens is 392 g/mol. The highest BCUT2D eigenvalue weighted by atomic mass is 16.5. The van der Waals surface area contributed by atoms with Crippen molar-refractivity contribution < 1.29 is 19.1 Å². The third-order valence-corrected chi connectivity index (χ3v) is 5.86. The molecule has 2 amide bonds. The summed E-state index contributed by atoms with van der Waals surface area (Å²) in [6.45, 7) is 3.94. The number of nitrogens with zero attached hydrogens (tertiary/aromatic N) is 1. The number of carbonyl (C=O) groups is 2. The van der Waals surface area contributed by atoms with Crippen molar-refractivity contribution >= 4 is 17.9 Å². The van der Waals surface area contributed by atoms with Crippen molar-refractivity contribution in [3.05, 3.63) is 64.7 Å². The van der Waals surface area contributed by atoms with E-state index in [1.807, 2.05) is 24.3 Å². The smallest absolute Gasteiger partial charge is 0.229 e. The van der Waals surface area contributed by atoms with Gasteiger partial charge in [-0.05, 0) is 35.7 Å². The molecule has 1 unspecified atom stereocenters. The topological polar surface area (TPSA) is 67.9 Å². The number of hydrogen-bond donors (Lipinski definition) is 1. The van der Waals surface area contributed by atoms with Gasteiger partial charge in [0, 0.05) is 44.0 Å². The first-order valence-corrected chi connectivity index (χ1v) is 10.7. The van der Waals surface area contributed by atoms with E-state index in [0.29, 0.717) is 25.9 Å². The highest BCUT2D eigenvalue weighted by molar-refractivity contribution is 6.02. The van der Waals surface area contributed by atoms with Crippen molar-refractivity contribution in [3.63, 3.8) is 0 Å². The fourth-order valence-corrected chi connectivity index (χ4v) is 3.98. The maximum atomic E-state index is 11.7. The van der Waals surface area contributed by atoms with Crippen molar-refractivity contribution in [1.29, 1.82) is 0 Å². The van der Waals surface area contributed by atoms with Crippen LogP contribution in [0.5, 0.6) is 11.5 Å². The molecule has 0 aromatic heterocycles. The first-order valence-electron chi connectivity index (χ1n) is 10.7. The van der Waals surface area contributed by atoms with E-state index in [4.69, 9.17) is 9.47 Å². The molecule has 6 nitrogen and oxygen atoms in total. The minimum absolute atomic E-state index is 0.104. The minimum atomic E-state index is -0.104.